The standard InChI is InChI=1S/C15H20N2O4/c1-10(14(18)17-7-3-4-8-17)21-15(19)11-5-6-12(16)13(9-11)20-2/h5-6,9-10H,3-4,7-8,16H2,1-2H3. The van der Waals surface area contributed by atoms with Crippen LogP contribution in [0.3, 0.4) is 0 Å². The number of esters is 1. The molecule has 2 N–H and O–H groups in total. The SMILES string of the molecule is COc1cc(C(=O)OC(C)C(=O)N2CCCC2)ccc1N. The van der Waals surface area contributed by atoms with Gasteiger partial charge in [0.25, 0.3) is 5.91 Å². The van der Waals surface area contributed by atoms with Crippen LogP contribution < -0.4 is 10.5 Å². The van der Waals surface area contributed by atoms with Crippen LogP contribution in [0.5, 0.6) is 5.75 Å². The fraction of sp³-hybridized carbons (Fsp3) is 0.467. The number of amides is 1. The number of methoxy groups -OCH3 is 1. The Balaban J connectivity index is 2.01. The Kier molecular flexibility index (Phi) is 4.67. The van der Waals surface area contributed by atoms with E-state index in [2.05, 4.69) is 0 Å². The molecule has 0 bridgehead atoms. The maximum Gasteiger partial charge on any atom is 0.339 e. The maximum atomic E-state index is 12.1. The largest absolute Gasteiger partial charge is 0.495 e. The third kappa shape index (κ3) is 3.45. The molecule has 1 aromatic rings. The summed E-state index contributed by atoms with van der Waals surface area (Å²) < 4.78 is 10.3. The molecule has 1 aliphatic heterocycles. The molecule has 6 heteroatoms. The predicted octanol–water partition coefficient (Wildman–Crippen LogP) is 1.45. The molecule has 1 atom stereocenters. The van der Waals surface area contributed by atoms with Gasteiger partial charge in [-0.2, -0.15) is 0 Å². The molecule has 1 aliphatic rings. The molecule has 1 amide bonds. The molecule has 1 unspecified atom stereocenters. The van der Waals surface area contributed by atoms with E-state index in [4.69, 9.17) is 15.2 Å². The van der Waals surface area contributed by atoms with Gasteiger partial charge in [0, 0.05) is 13.1 Å². The van der Waals surface area contributed by atoms with Crippen molar-refractivity contribution in [2.45, 2.75) is 25.9 Å². The van der Waals surface area contributed by atoms with Crippen molar-refractivity contribution in [2.24, 2.45) is 0 Å². The summed E-state index contributed by atoms with van der Waals surface area (Å²) in [5, 5.41) is 0. The van der Waals surface area contributed by atoms with Crippen molar-refractivity contribution in [3.63, 3.8) is 0 Å². The Morgan fingerprint density at radius 1 is 1.29 bits per heavy atom. The van der Waals surface area contributed by atoms with Crippen LogP contribution in [0.15, 0.2) is 18.2 Å². The molecule has 2 rings (SSSR count). The molecule has 0 saturated carbocycles. The lowest BCUT2D eigenvalue weighted by atomic mass is 10.2. The minimum Gasteiger partial charge on any atom is -0.495 e. The predicted molar refractivity (Wildman–Crippen MR) is 78.1 cm³/mol. The second kappa shape index (κ2) is 6.47. The normalized spacial score (nSPS) is 15.6. The van der Waals surface area contributed by atoms with Crippen molar-refractivity contribution in [1.82, 2.24) is 4.90 Å². The lowest BCUT2D eigenvalue weighted by Crippen LogP contribution is -2.38. The molecule has 1 fully saturated rings. The minimum absolute atomic E-state index is 0.150. The Morgan fingerprint density at radius 3 is 2.57 bits per heavy atom. The number of likely N-dealkylation sites (tertiary alicyclic amines) is 1. The Labute approximate surface area is 123 Å². The first-order valence-corrected chi connectivity index (χ1v) is 6.96. The van der Waals surface area contributed by atoms with Crippen molar-refractivity contribution in [3.05, 3.63) is 23.8 Å². The van der Waals surface area contributed by atoms with Gasteiger partial charge in [-0.1, -0.05) is 0 Å². The number of hydrogen-bond acceptors (Lipinski definition) is 5. The van der Waals surface area contributed by atoms with Gasteiger partial charge in [0.05, 0.1) is 18.4 Å². The van der Waals surface area contributed by atoms with Gasteiger partial charge in [-0.15, -0.1) is 0 Å². The van der Waals surface area contributed by atoms with E-state index in [1.54, 1.807) is 24.0 Å². The van der Waals surface area contributed by atoms with Crippen LogP contribution in [-0.4, -0.2) is 43.1 Å². The van der Waals surface area contributed by atoms with Gasteiger partial charge in [-0.05, 0) is 38.0 Å². The zero-order chi connectivity index (χ0) is 15.4. The molecule has 1 aromatic carbocycles. The highest BCUT2D eigenvalue weighted by atomic mass is 16.5. The van der Waals surface area contributed by atoms with Crippen LogP contribution >= 0.6 is 0 Å². The van der Waals surface area contributed by atoms with Gasteiger partial charge in [0.15, 0.2) is 6.10 Å². The van der Waals surface area contributed by atoms with Crippen LogP contribution in [0, 0.1) is 0 Å². The number of nitrogen functional groups attached to an aromatic ring is 1. The highest BCUT2D eigenvalue weighted by Gasteiger charge is 2.26. The number of anilines is 1. The van der Waals surface area contributed by atoms with E-state index >= 15 is 0 Å². The summed E-state index contributed by atoms with van der Waals surface area (Å²) in [6.45, 7) is 3.06. The number of hydrogen-bond donors (Lipinski definition) is 1. The van der Waals surface area contributed by atoms with Crippen LogP contribution in [0.4, 0.5) is 5.69 Å². The summed E-state index contributed by atoms with van der Waals surface area (Å²) in [6, 6.07) is 4.63. The summed E-state index contributed by atoms with van der Waals surface area (Å²) >= 11 is 0. The number of ether oxygens (including phenoxy) is 2. The fourth-order valence-corrected chi connectivity index (χ4v) is 2.31. The molecule has 1 saturated heterocycles. The third-order valence-electron chi connectivity index (χ3n) is 3.52. The summed E-state index contributed by atoms with van der Waals surface area (Å²) in [5.74, 6) is -0.306. The molecular weight excluding hydrogens is 272 g/mol. The maximum absolute atomic E-state index is 12.1. The monoisotopic (exact) mass is 292 g/mol. The molecule has 6 nitrogen and oxygen atoms in total. The Bertz CT molecular complexity index is 538. The van der Waals surface area contributed by atoms with Gasteiger partial charge in [-0.25, -0.2) is 4.79 Å². The van der Waals surface area contributed by atoms with E-state index in [1.165, 1.54) is 13.2 Å². The van der Waals surface area contributed by atoms with Gasteiger partial charge in [-0.3, -0.25) is 4.79 Å². The Morgan fingerprint density at radius 2 is 1.95 bits per heavy atom. The number of rotatable bonds is 4. The first-order chi connectivity index (χ1) is 10.0. The zero-order valence-corrected chi connectivity index (χ0v) is 12.3. The van der Waals surface area contributed by atoms with Crippen molar-refractivity contribution in [1.29, 1.82) is 0 Å². The first kappa shape index (κ1) is 15.2. The third-order valence-corrected chi connectivity index (χ3v) is 3.52. The summed E-state index contributed by atoms with van der Waals surface area (Å²) in [5.41, 5.74) is 6.44. The van der Waals surface area contributed by atoms with E-state index < -0.39 is 12.1 Å². The number of benzene rings is 1. The van der Waals surface area contributed by atoms with Crippen molar-refractivity contribution >= 4 is 17.6 Å². The molecule has 0 spiro atoms. The lowest BCUT2D eigenvalue weighted by Gasteiger charge is -2.20. The number of carbonyl (C=O) groups is 2. The molecule has 0 aliphatic carbocycles. The van der Waals surface area contributed by atoms with Gasteiger partial charge in [0.1, 0.15) is 5.75 Å². The molecule has 1 heterocycles. The molecule has 114 valence electrons. The van der Waals surface area contributed by atoms with E-state index in [1.807, 2.05) is 0 Å². The average molecular weight is 292 g/mol. The minimum atomic E-state index is -0.792. The van der Waals surface area contributed by atoms with Crippen LogP contribution in [-0.2, 0) is 9.53 Å². The second-order valence-electron chi connectivity index (χ2n) is 5.04. The van der Waals surface area contributed by atoms with Gasteiger partial charge >= 0.3 is 5.97 Å². The van der Waals surface area contributed by atoms with Crippen LogP contribution in [0.1, 0.15) is 30.1 Å². The second-order valence-corrected chi connectivity index (χ2v) is 5.04. The topological polar surface area (TPSA) is 81.9 Å². The van der Waals surface area contributed by atoms with Crippen molar-refractivity contribution in [2.75, 3.05) is 25.9 Å². The number of carbonyl (C=O) groups excluding carboxylic acids is 2. The van der Waals surface area contributed by atoms with Crippen LogP contribution in [0.2, 0.25) is 0 Å². The zero-order valence-electron chi connectivity index (χ0n) is 12.3. The van der Waals surface area contributed by atoms with E-state index in [-0.39, 0.29) is 5.91 Å². The molecule has 0 radical (unpaired) electrons. The highest BCUT2D eigenvalue weighted by Crippen LogP contribution is 2.23. The van der Waals surface area contributed by atoms with Crippen molar-refractivity contribution in [3.8, 4) is 5.75 Å². The molecule has 21 heavy (non-hydrogen) atoms. The number of nitrogens with zero attached hydrogens (tertiary/aromatic N) is 1. The van der Waals surface area contributed by atoms with E-state index in [0.717, 1.165) is 25.9 Å². The summed E-state index contributed by atoms with van der Waals surface area (Å²) in [6.07, 6.45) is 1.21. The van der Waals surface area contributed by atoms with E-state index in [9.17, 15) is 9.59 Å². The van der Waals surface area contributed by atoms with E-state index in [0.29, 0.717) is 17.0 Å². The van der Waals surface area contributed by atoms with Gasteiger partial charge in [0.2, 0.25) is 0 Å². The molecular formula is C15H20N2O4. The average Bonchev–Trinajstić information content (AvgIpc) is 3.00. The van der Waals surface area contributed by atoms with Crippen LogP contribution in [0.25, 0.3) is 0 Å². The smallest absolute Gasteiger partial charge is 0.339 e. The van der Waals surface area contributed by atoms with Crippen molar-refractivity contribution < 1.29 is 19.1 Å². The summed E-state index contributed by atoms with van der Waals surface area (Å²) in [7, 11) is 1.47. The lowest BCUT2D eigenvalue weighted by molar-refractivity contribution is -0.138. The van der Waals surface area contributed by atoms with Gasteiger partial charge < -0.3 is 20.1 Å². The molecule has 0 aromatic heterocycles. The fourth-order valence-electron chi connectivity index (χ4n) is 2.31. The number of nitrogens with two attached hydrogens (primary N) is 1. The highest BCUT2D eigenvalue weighted by molar-refractivity contribution is 5.93. The first-order valence-electron chi connectivity index (χ1n) is 6.96. The summed E-state index contributed by atoms with van der Waals surface area (Å²) in [4.78, 5) is 25.9. The quantitative estimate of drug-likeness (QED) is 0.671. The Hall–Kier alpha value is -2.24.